The Labute approximate surface area is 117 Å². The van der Waals surface area contributed by atoms with Gasteiger partial charge in [0.15, 0.2) is 21.3 Å². The smallest absolute Gasteiger partial charge is 0.253 e. The Bertz CT molecular complexity index is 627. The molecule has 3 N–H and O–H groups in total. The number of nitrogens with one attached hydrogen (secondary N) is 1. The number of anilines is 1. The van der Waals surface area contributed by atoms with Gasteiger partial charge in [-0.1, -0.05) is 6.92 Å². The zero-order valence-electron chi connectivity index (χ0n) is 11.0. The lowest BCUT2D eigenvalue weighted by Crippen LogP contribution is -2.30. The Morgan fingerprint density at radius 3 is 2.65 bits per heavy atom. The summed E-state index contributed by atoms with van der Waals surface area (Å²) < 4.78 is 33.0. The van der Waals surface area contributed by atoms with Gasteiger partial charge in [0.25, 0.3) is 5.91 Å². The van der Waals surface area contributed by atoms with Crippen molar-refractivity contribution in [1.29, 1.82) is 0 Å². The summed E-state index contributed by atoms with van der Waals surface area (Å²) in [7, 11) is -3.11. The van der Waals surface area contributed by atoms with E-state index in [1.54, 1.807) is 6.92 Å². The van der Waals surface area contributed by atoms with Gasteiger partial charge in [-0.2, -0.15) is 0 Å². The molecule has 7 nitrogen and oxygen atoms in total. The summed E-state index contributed by atoms with van der Waals surface area (Å²) in [5.74, 6) is 0.458. The molecule has 0 radical (unpaired) electrons. The van der Waals surface area contributed by atoms with Crippen LogP contribution in [-0.2, 0) is 9.84 Å². The van der Waals surface area contributed by atoms with Crippen LogP contribution in [-0.4, -0.2) is 39.2 Å². The van der Waals surface area contributed by atoms with E-state index in [-0.39, 0.29) is 36.1 Å². The highest BCUT2D eigenvalue weighted by Gasteiger charge is 2.19. The predicted octanol–water partition coefficient (Wildman–Crippen LogP) is 0.162. The summed E-state index contributed by atoms with van der Waals surface area (Å²) in [6.45, 7) is 1.70. The summed E-state index contributed by atoms with van der Waals surface area (Å²) in [4.78, 5) is 12.0. The van der Waals surface area contributed by atoms with Gasteiger partial charge in [-0.25, -0.2) is 8.42 Å². The first-order valence-corrected chi connectivity index (χ1v) is 7.93. The van der Waals surface area contributed by atoms with Crippen molar-refractivity contribution in [2.75, 3.05) is 30.6 Å². The normalized spacial score (nSPS) is 13.2. The average molecular weight is 300 g/mol. The first-order chi connectivity index (χ1) is 9.43. The average Bonchev–Trinajstić information content (AvgIpc) is 2.84. The maximum absolute atomic E-state index is 12.0. The van der Waals surface area contributed by atoms with E-state index in [4.69, 9.17) is 15.2 Å². The molecule has 2 rings (SSSR count). The minimum atomic E-state index is -3.11. The number of amides is 1. The molecule has 1 aliphatic heterocycles. The zero-order valence-corrected chi connectivity index (χ0v) is 11.8. The van der Waals surface area contributed by atoms with Crippen molar-refractivity contribution in [3.05, 3.63) is 17.7 Å². The van der Waals surface area contributed by atoms with E-state index in [1.165, 1.54) is 12.1 Å². The van der Waals surface area contributed by atoms with Crippen LogP contribution in [0.15, 0.2) is 12.1 Å². The molecule has 1 amide bonds. The Morgan fingerprint density at radius 2 is 2.00 bits per heavy atom. The number of hydrogen-bond donors (Lipinski definition) is 2. The second kappa shape index (κ2) is 5.58. The van der Waals surface area contributed by atoms with E-state index < -0.39 is 15.7 Å². The third-order valence-electron chi connectivity index (χ3n) is 2.93. The van der Waals surface area contributed by atoms with E-state index in [0.717, 1.165) is 0 Å². The molecule has 1 aromatic carbocycles. The van der Waals surface area contributed by atoms with Crippen LogP contribution in [0.25, 0.3) is 0 Å². The summed E-state index contributed by atoms with van der Waals surface area (Å²) in [5, 5.41) is 2.53. The van der Waals surface area contributed by atoms with Crippen LogP contribution < -0.4 is 20.5 Å². The molecule has 0 unspecified atom stereocenters. The van der Waals surface area contributed by atoms with Gasteiger partial charge in [0.2, 0.25) is 6.79 Å². The third kappa shape index (κ3) is 3.13. The van der Waals surface area contributed by atoms with E-state index in [9.17, 15) is 13.2 Å². The maximum atomic E-state index is 12.0. The molecular weight excluding hydrogens is 284 g/mol. The number of rotatable bonds is 5. The summed E-state index contributed by atoms with van der Waals surface area (Å²) in [6.07, 6.45) is 0. The molecule has 0 saturated carbocycles. The number of benzene rings is 1. The molecule has 110 valence electrons. The van der Waals surface area contributed by atoms with Crippen molar-refractivity contribution in [2.24, 2.45) is 0 Å². The number of sulfone groups is 1. The third-order valence-corrected chi connectivity index (χ3v) is 4.63. The number of carbonyl (C=O) groups excluding carboxylic acids is 1. The first kappa shape index (κ1) is 14.4. The predicted molar refractivity (Wildman–Crippen MR) is 73.6 cm³/mol. The summed E-state index contributed by atoms with van der Waals surface area (Å²) >= 11 is 0. The minimum absolute atomic E-state index is 0.0445. The molecule has 8 heteroatoms. The van der Waals surface area contributed by atoms with Crippen LogP contribution in [0, 0.1) is 0 Å². The Hall–Kier alpha value is -1.96. The maximum Gasteiger partial charge on any atom is 0.253 e. The molecule has 20 heavy (non-hydrogen) atoms. The van der Waals surface area contributed by atoms with E-state index in [1.807, 2.05) is 0 Å². The van der Waals surface area contributed by atoms with Crippen LogP contribution in [0.4, 0.5) is 5.69 Å². The van der Waals surface area contributed by atoms with Crippen molar-refractivity contribution < 1.29 is 22.7 Å². The Morgan fingerprint density at radius 1 is 1.35 bits per heavy atom. The van der Waals surface area contributed by atoms with Crippen molar-refractivity contribution in [1.82, 2.24) is 5.32 Å². The molecule has 1 aromatic rings. The number of nitrogen functional groups attached to an aromatic ring is 1. The fraction of sp³-hybridized carbons (Fsp3) is 0.417. The quantitative estimate of drug-likeness (QED) is 0.750. The molecule has 0 fully saturated rings. The van der Waals surface area contributed by atoms with Gasteiger partial charge in [-0.3, -0.25) is 4.79 Å². The van der Waals surface area contributed by atoms with Gasteiger partial charge in [0.1, 0.15) is 0 Å². The van der Waals surface area contributed by atoms with E-state index >= 15 is 0 Å². The molecule has 0 spiro atoms. The van der Waals surface area contributed by atoms with Gasteiger partial charge < -0.3 is 20.5 Å². The molecular formula is C12H16N2O5S. The molecule has 0 aromatic heterocycles. The molecule has 0 bridgehead atoms. The SMILES string of the molecule is CCS(=O)(=O)CCNC(=O)c1cc2c(cc1N)OCO2. The fourth-order valence-corrected chi connectivity index (χ4v) is 2.42. The lowest BCUT2D eigenvalue weighted by atomic mass is 10.1. The first-order valence-electron chi connectivity index (χ1n) is 6.10. The van der Waals surface area contributed by atoms with Crippen LogP contribution in [0.2, 0.25) is 0 Å². The Balaban J connectivity index is 2.03. The Kier molecular flexibility index (Phi) is 4.03. The number of nitrogens with two attached hydrogens (primary N) is 1. The van der Waals surface area contributed by atoms with Crippen molar-refractivity contribution in [3.63, 3.8) is 0 Å². The molecule has 0 aliphatic carbocycles. The van der Waals surface area contributed by atoms with Crippen LogP contribution in [0.1, 0.15) is 17.3 Å². The second-order valence-electron chi connectivity index (χ2n) is 4.28. The lowest BCUT2D eigenvalue weighted by molar-refractivity contribution is 0.0956. The largest absolute Gasteiger partial charge is 0.454 e. The van der Waals surface area contributed by atoms with Gasteiger partial charge in [-0.05, 0) is 6.07 Å². The zero-order chi connectivity index (χ0) is 14.8. The van der Waals surface area contributed by atoms with Crippen LogP contribution in [0.5, 0.6) is 11.5 Å². The van der Waals surface area contributed by atoms with Gasteiger partial charge in [0, 0.05) is 24.1 Å². The summed E-state index contributed by atoms with van der Waals surface area (Å²) in [6, 6.07) is 3.00. The topological polar surface area (TPSA) is 108 Å². The molecule has 1 heterocycles. The number of hydrogen-bond acceptors (Lipinski definition) is 6. The molecule has 0 atom stereocenters. The van der Waals surface area contributed by atoms with Crippen LogP contribution in [0.3, 0.4) is 0 Å². The van der Waals surface area contributed by atoms with Crippen LogP contribution >= 0.6 is 0 Å². The van der Waals surface area contributed by atoms with Crippen molar-refractivity contribution >= 4 is 21.4 Å². The highest BCUT2D eigenvalue weighted by Crippen LogP contribution is 2.35. The fourth-order valence-electron chi connectivity index (χ4n) is 1.71. The van der Waals surface area contributed by atoms with Crippen molar-refractivity contribution in [3.8, 4) is 11.5 Å². The number of ether oxygens (including phenoxy) is 2. The van der Waals surface area contributed by atoms with Crippen molar-refractivity contribution in [2.45, 2.75) is 6.92 Å². The lowest BCUT2D eigenvalue weighted by Gasteiger charge is -2.08. The monoisotopic (exact) mass is 300 g/mol. The minimum Gasteiger partial charge on any atom is -0.454 e. The van der Waals surface area contributed by atoms with Gasteiger partial charge in [-0.15, -0.1) is 0 Å². The molecule has 0 saturated heterocycles. The highest BCUT2D eigenvalue weighted by atomic mass is 32.2. The van der Waals surface area contributed by atoms with Gasteiger partial charge in [0.05, 0.1) is 11.3 Å². The number of fused-ring (bicyclic) bond motifs is 1. The van der Waals surface area contributed by atoms with E-state index in [2.05, 4.69) is 5.32 Å². The molecule has 1 aliphatic rings. The van der Waals surface area contributed by atoms with Gasteiger partial charge >= 0.3 is 0 Å². The van der Waals surface area contributed by atoms with E-state index in [0.29, 0.717) is 11.5 Å². The highest BCUT2D eigenvalue weighted by molar-refractivity contribution is 7.91. The number of carbonyl (C=O) groups is 1. The second-order valence-corrected chi connectivity index (χ2v) is 6.76. The standard InChI is InChI=1S/C12H16N2O5S/c1-2-20(16,17)4-3-14-12(15)8-5-10-11(6-9(8)13)19-7-18-10/h5-6H,2-4,7,13H2,1H3,(H,14,15). The summed E-state index contributed by atoms with van der Waals surface area (Å²) in [5.41, 5.74) is 6.26.